The van der Waals surface area contributed by atoms with Crippen molar-refractivity contribution in [2.24, 2.45) is 4.99 Å². The van der Waals surface area contributed by atoms with Gasteiger partial charge < -0.3 is 9.79 Å². The normalized spacial score (nSPS) is 13.8. The molecule has 0 spiro atoms. The fourth-order valence-electron chi connectivity index (χ4n) is 1.72. The first kappa shape index (κ1) is 15.2. The molecule has 0 bridgehead atoms. The lowest BCUT2D eigenvalue weighted by Crippen LogP contribution is -2.05. The van der Waals surface area contributed by atoms with Crippen molar-refractivity contribution in [2.75, 3.05) is 0 Å². The first-order valence-electron chi connectivity index (χ1n) is 5.40. The van der Waals surface area contributed by atoms with E-state index in [1.165, 1.54) is 6.07 Å². The molecule has 0 aliphatic rings. The molecule has 9 heteroatoms. The van der Waals surface area contributed by atoms with Crippen LogP contribution in [-0.2, 0) is 4.57 Å². The fraction of sp³-hybridized carbons (Fsp3) is 0. The molecule has 0 atom stereocenters. The average Bonchev–Trinajstić information content (AvgIpc) is 2.33. The van der Waals surface area contributed by atoms with Crippen LogP contribution in [-0.4, -0.2) is 29.7 Å². The van der Waals surface area contributed by atoms with Crippen LogP contribution in [0, 0.1) is 0 Å². The molecule has 0 amide bonds. The van der Waals surface area contributed by atoms with Gasteiger partial charge in [0.15, 0.2) is 0 Å². The predicted molar refractivity (Wildman–Crippen MR) is 76.7 cm³/mol. The molecule has 5 N–H and O–H groups in total. The second-order valence-corrected chi connectivity index (χ2v) is 7.45. The summed E-state index contributed by atoms with van der Waals surface area (Å²) in [6, 6.07) is 11.7. The van der Waals surface area contributed by atoms with Crippen molar-refractivity contribution in [1.82, 2.24) is 0 Å². The van der Waals surface area contributed by atoms with Crippen molar-refractivity contribution in [2.45, 2.75) is 0 Å². The van der Waals surface area contributed by atoms with E-state index in [9.17, 15) is 4.57 Å². The Hall–Kier alpha value is -1.17. The number of fused-ring (bicyclic) bond motifs is 1. The van der Waals surface area contributed by atoms with Crippen molar-refractivity contribution in [3.05, 3.63) is 42.5 Å². The topological polar surface area (TPSA) is 131 Å². The third kappa shape index (κ3) is 3.29. The third-order valence-corrected chi connectivity index (χ3v) is 5.36. The Bertz CT molecular complexity index is 713. The summed E-state index contributed by atoms with van der Waals surface area (Å²) in [6.07, 6.45) is 0. The second-order valence-electron chi connectivity index (χ2n) is 4.02. The van der Waals surface area contributed by atoms with Gasteiger partial charge in [-0.3, -0.25) is 0 Å². The quantitative estimate of drug-likeness (QED) is 0.433. The van der Waals surface area contributed by atoms with Gasteiger partial charge in [-0.2, -0.15) is 19.7 Å². The molecular formula is C11H12NO6P2+. The average molecular weight is 316 g/mol. The Morgan fingerprint density at radius 1 is 1.00 bits per heavy atom. The van der Waals surface area contributed by atoms with Crippen LogP contribution in [0.5, 0.6) is 0 Å². The van der Waals surface area contributed by atoms with E-state index < -0.39 is 20.7 Å². The minimum Gasteiger partial charge on any atom is -0.317 e. The van der Waals surface area contributed by atoms with Gasteiger partial charge in [0.2, 0.25) is 0 Å². The van der Waals surface area contributed by atoms with E-state index in [4.69, 9.17) is 24.5 Å². The van der Waals surface area contributed by atoms with Gasteiger partial charge in [0.05, 0.1) is 5.69 Å². The molecule has 106 valence electrons. The van der Waals surface area contributed by atoms with Gasteiger partial charge in [-0.1, -0.05) is 36.4 Å². The lowest BCUT2D eigenvalue weighted by molar-refractivity contribution is 0.349. The van der Waals surface area contributed by atoms with Gasteiger partial charge >= 0.3 is 20.7 Å². The molecule has 0 aliphatic carbocycles. The zero-order chi connectivity index (χ0) is 15.0. The molecular weight excluding hydrogens is 304 g/mol. The molecule has 0 radical (unpaired) electrons. The molecule has 0 heterocycles. The van der Waals surface area contributed by atoms with Crippen molar-refractivity contribution in [3.8, 4) is 0 Å². The van der Waals surface area contributed by atoms with E-state index in [0.29, 0.717) is 5.39 Å². The smallest absolute Gasteiger partial charge is 0.317 e. The predicted octanol–water partition coefficient (Wildman–Crippen LogP) is 1.74. The Morgan fingerprint density at radius 3 is 2.20 bits per heavy atom. The highest BCUT2D eigenvalue weighted by Gasteiger charge is 2.51. The fourth-order valence-corrected chi connectivity index (χ4v) is 3.60. The maximum Gasteiger partial charge on any atom is 0.469 e. The molecule has 2 aromatic carbocycles. The highest BCUT2D eigenvalue weighted by atomic mass is 31.3. The Kier molecular flexibility index (Phi) is 4.04. The van der Waals surface area contributed by atoms with Crippen molar-refractivity contribution in [3.63, 3.8) is 0 Å². The molecule has 0 aliphatic heterocycles. The SMILES string of the molecule is O=P(O)(O)C(=Nc1cccc2ccccc12)[P+](O)(O)O. The third-order valence-electron chi connectivity index (χ3n) is 2.52. The second kappa shape index (κ2) is 5.31. The van der Waals surface area contributed by atoms with Gasteiger partial charge in [0.1, 0.15) is 0 Å². The molecule has 0 aromatic heterocycles. The molecule has 20 heavy (non-hydrogen) atoms. The highest BCUT2D eigenvalue weighted by Crippen LogP contribution is 2.61. The molecule has 2 rings (SSSR count). The number of benzene rings is 2. The maximum atomic E-state index is 11.2. The van der Waals surface area contributed by atoms with E-state index in [-0.39, 0.29) is 5.69 Å². The molecule has 0 saturated heterocycles. The van der Waals surface area contributed by atoms with Gasteiger partial charge in [0.25, 0.3) is 0 Å². The molecule has 0 fully saturated rings. The Morgan fingerprint density at radius 2 is 1.60 bits per heavy atom. The van der Waals surface area contributed by atoms with Crippen LogP contribution in [0.4, 0.5) is 5.69 Å². The Labute approximate surface area is 114 Å². The Balaban J connectivity index is 2.70. The summed E-state index contributed by atoms with van der Waals surface area (Å²) in [4.78, 5) is 49.2. The van der Waals surface area contributed by atoms with Crippen LogP contribution in [0.3, 0.4) is 0 Å². The lowest BCUT2D eigenvalue weighted by atomic mass is 10.1. The van der Waals surface area contributed by atoms with E-state index in [1.807, 2.05) is 0 Å². The monoisotopic (exact) mass is 316 g/mol. The zero-order valence-corrected chi connectivity index (χ0v) is 11.8. The summed E-state index contributed by atoms with van der Waals surface area (Å²) < 4.78 is 11.2. The first-order chi connectivity index (χ1) is 9.19. The summed E-state index contributed by atoms with van der Waals surface area (Å²) >= 11 is 0. The van der Waals surface area contributed by atoms with Crippen LogP contribution in [0.25, 0.3) is 10.8 Å². The standard InChI is InChI=1S/C11H11NO6P2/c13-19(14,15)11(20(16,17)18)12-10-7-3-5-8-4-1-2-6-9(8)10/h1-7,13-15H,(H-,16,17,18)/p+1. The molecule has 2 aromatic rings. The molecule has 0 saturated carbocycles. The number of hydrogen-bond acceptors (Lipinski definition) is 5. The minimum absolute atomic E-state index is 0.128. The summed E-state index contributed by atoms with van der Waals surface area (Å²) in [6.45, 7) is 0. The summed E-state index contributed by atoms with van der Waals surface area (Å²) in [5.41, 5.74) is 0.128. The van der Waals surface area contributed by atoms with Gasteiger partial charge in [0, 0.05) is 5.39 Å². The molecule has 7 nitrogen and oxygen atoms in total. The minimum atomic E-state index is -5.09. The van der Waals surface area contributed by atoms with Crippen LogP contribution >= 0.6 is 15.5 Å². The summed E-state index contributed by atoms with van der Waals surface area (Å²) in [7, 11) is -10.00. The zero-order valence-electron chi connectivity index (χ0n) is 10.0. The van der Waals surface area contributed by atoms with Gasteiger partial charge in [-0.25, -0.2) is 4.57 Å². The van der Waals surface area contributed by atoms with Crippen molar-refractivity contribution >= 4 is 37.2 Å². The van der Waals surface area contributed by atoms with Gasteiger partial charge in [-0.15, -0.1) is 0 Å². The van der Waals surface area contributed by atoms with Crippen molar-refractivity contribution < 1.29 is 29.0 Å². The number of rotatable bonds is 3. The van der Waals surface area contributed by atoms with E-state index in [2.05, 4.69) is 4.99 Å². The van der Waals surface area contributed by atoms with Crippen LogP contribution < -0.4 is 0 Å². The van der Waals surface area contributed by atoms with Crippen LogP contribution in [0.15, 0.2) is 47.5 Å². The maximum absolute atomic E-state index is 11.2. The summed E-state index contributed by atoms with van der Waals surface area (Å²) in [5, 5.41) is 0.00678. The van der Waals surface area contributed by atoms with Crippen molar-refractivity contribution in [1.29, 1.82) is 0 Å². The van der Waals surface area contributed by atoms with Gasteiger partial charge in [-0.05, 0) is 11.5 Å². The highest BCUT2D eigenvalue weighted by molar-refractivity contribution is 8.00. The largest absolute Gasteiger partial charge is 0.469 e. The molecule has 0 unspecified atom stereocenters. The summed E-state index contributed by atoms with van der Waals surface area (Å²) in [5.74, 6) is 0. The van der Waals surface area contributed by atoms with E-state index in [1.54, 1.807) is 36.4 Å². The van der Waals surface area contributed by atoms with E-state index >= 15 is 0 Å². The van der Waals surface area contributed by atoms with Crippen LogP contribution in [0.1, 0.15) is 0 Å². The lowest BCUT2D eigenvalue weighted by Gasteiger charge is -2.09. The number of nitrogens with zero attached hydrogens (tertiary/aromatic N) is 1. The number of hydrogen-bond donors (Lipinski definition) is 5. The van der Waals surface area contributed by atoms with Crippen LogP contribution in [0.2, 0.25) is 0 Å². The number of aliphatic imine (C=N–C) groups is 1. The van der Waals surface area contributed by atoms with E-state index in [0.717, 1.165) is 5.39 Å². The first-order valence-corrected chi connectivity index (χ1v) is 8.66.